The van der Waals surface area contributed by atoms with Gasteiger partial charge in [-0.3, -0.25) is 14.6 Å². The van der Waals surface area contributed by atoms with E-state index in [1.807, 2.05) is 43.3 Å². The van der Waals surface area contributed by atoms with E-state index in [2.05, 4.69) is 9.97 Å². The summed E-state index contributed by atoms with van der Waals surface area (Å²) in [5.41, 5.74) is 2.40. The van der Waals surface area contributed by atoms with Gasteiger partial charge in [-0.25, -0.2) is 4.98 Å². The van der Waals surface area contributed by atoms with E-state index in [0.29, 0.717) is 26.1 Å². The zero-order valence-electron chi connectivity index (χ0n) is 15.6. The first kappa shape index (κ1) is 18.3. The number of benzene rings is 1. The van der Waals surface area contributed by atoms with Gasteiger partial charge >= 0.3 is 0 Å². The van der Waals surface area contributed by atoms with Gasteiger partial charge in [-0.15, -0.1) is 0 Å². The van der Waals surface area contributed by atoms with E-state index in [-0.39, 0.29) is 17.7 Å². The van der Waals surface area contributed by atoms with Crippen LogP contribution in [0.2, 0.25) is 0 Å². The van der Waals surface area contributed by atoms with Crippen molar-refractivity contribution >= 4 is 22.8 Å². The standard InChI is InChI=1S/C19H25N5O2/c1-22(2)8-9-24-12-14(10-18(24)25)19(26)23(3)13-15-11-20-16-6-4-5-7-17(16)21-15/h4-7,11,14H,8-10,12-13H2,1-3H3/t14-/m1/s1. The van der Waals surface area contributed by atoms with Crippen molar-refractivity contribution in [2.45, 2.75) is 13.0 Å². The molecule has 1 saturated heterocycles. The molecule has 1 aliphatic heterocycles. The molecule has 0 spiro atoms. The summed E-state index contributed by atoms with van der Waals surface area (Å²) >= 11 is 0. The van der Waals surface area contributed by atoms with E-state index in [1.165, 1.54) is 0 Å². The van der Waals surface area contributed by atoms with Crippen LogP contribution < -0.4 is 0 Å². The van der Waals surface area contributed by atoms with Gasteiger partial charge < -0.3 is 14.7 Å². The smallest absolute Gasteiger partial charge is 0.228 e. The molecule has 7 heteroatoms. The monoisotopic (exact) mass is 355 g/mol. The van der Waals surface area contributed by atoms with Gasteiger partial charge in [-0.05, 0) is 26.2 Å². The van der Waals surface area contributed by atoms with Crippen LogP contribution in [-0.2, 0) is 16.1 Å². The van der Waals surface area contributed by atoms with Crippen molar-refractivity contribution in [1.82, 2.24) is 24.7 Å². The van der Waals surface area contributed by atoms with Gasteiger partial charge in [-0.1, -0.05) is 12.1 Å². The number of likely N-dealkylation sites (N-methyl/N-ethyl adjacent to an activating group) is 1. The van der Waals surface area contributed by atoms with E-state index in [4.69, 9.17) is 0 Å². The van der Waals surface area contributed by atoms with Crippen LogP contribution in [0.5, 0.6) is 0 Å². The zero-order valence-corrected chi connectivity index (χ0v) is 15.6. The van der Waals surface area contributed by atoms with Crippen LogP contribution in [0.1, 0.15) is 12.1 Å². The zero-order chi connectivity index (χ0) is 18.7. The molecule has 26 heavy (non-hydrogen) atoms. The number of carbonyl (C=O) groups excluding carboxylic acids is 2. The summed E-state index contributed by atoms with van der Waals surface area (Å²) in [7, 11) is 5.70. The quantitative estimate of drug-likeness (QED) is 0.773. The van der Waals surface area contributed by atoms with Gasteiger partial charge in [0.05, 0.1) is 35.4 Å². The van der Waals surface area contributed by atoms with Gasteiger partial charge in [0, 0.05) is 33.1 Å². The summed E-state index contributed by atoms with van der Waals surface area (Å²) in [6.07, 6.45) is 2.00. The maximum Gasteiger partial charge on any atom is 0.228 e. The molecule has 1 atom stereocenters. The van der Waals surface area contributed by atoms with Crippen molar-refractivity contribution in [1.29, 1.82) is 0 Å². The fourth-order valence-electron chi connectivity index (χ4n) is 3.18. The third-order valence-corrected chi connectivity index (χ3v) is 4.65. The lowest BCUT2D eigenvalue weighted by Crippen LogP contribution is -2.36. The molecule has 7 nitrogen and oxygen atoms in total. The summed E-state index contributed by atoms with van der Waals surface area (Å²) in [5, 5.41) is 0. The van der Waals surface area contributed by atoms with Gasteiger partial charge in [0.15, 0.2) is 0 Å². The van der Waals surface area contributed by atoms with Crippen LogP contribution >= 0.6 is 0 Å². The molecule has 0 radical (unpaired) electrons. The van der Waals surface area contributed by atoms with Crippen LogP contribution in [0.15, 0.2) is 30.5 Å². The number of hydrogen-bond acceptors (Lipinski definition) is 5. The number of hydrogen-bond donors (Lipinski definition) is 0. The molecule has 3 rings (SSSR count). The molecule has 0 bridgehead atoms. The molecule has 2 heterocycles. The fraction of sp³-hybridized carbons (Fsp3) is 0.474. The molecule has 138 valence electrons. The van der Waals surface area contributed by atoms with Crippen molar-refractivity contribution in [2.75, 3.05) is 40.8 Å². The molecule has 0 unspecified atom stereocenters. The van der Waals surface area contributed by atoms with E-state index < -0.39 is 0 Å². The SMILES string of the molecule is CN(C)CCN1C[C@H](C(=O)N(C)Cc2cnc3ccccc3n2)CC1=O. The largest absolute Gasteiger partial charge is 0.341 e. The van der Waals surface area contributed by atoms with Crippen LogP contribution in [0, 0.1) is 5.92 Å². The number of likely N-dealkylation sites (tertiary alicyclic amines) is 1. The van der Waals surface area contributed by atoms with Gasteiger partial charge in [-0.2, -0.15) is 0 Å². The van der Waals surface area contributed by atoms with Gasteiger partial charge in [0.1, 0.15) is 0 Å². The first-order valence-electron chi connectivity index (χ1n) is 8.82. The molecule has 2 aromatic rings. The van der Waals surface area contributed by atoms with Crippen molar-refractivity contribution in [3.8, 4) is 0 Å². The summed E-state index contributed by atoms with van der Waals surface area (Å²) in [5.74, 6) is -0.229. The molecule has 0 aliphatic carbocycles. The van der Waals surface area contributed by atoms with Gasteiger partial charge in [0.25, 0.3) is 0 Å². The third-order valence-electron chi connectivity index (χ3n) is 4.65. The Bertz CT molecular complexity index is 807. The van der Waals surface area contributed by atoms with Crippen molar-refractivity contribution in [2.24, 2.45) is 5.92 Å². The van der Waals surface area contributed by atoms with E-state index in [0.717, 1.165) is 23.3 Å². The summed E-state index contributed by atoms with van der Waals surface area (Å²) < 4.78 is 0. The average molecular weight is 355 g/mol. The molecule has 1 aromatic carbocycles. The maximum atomic E-state index is 12.7. The Morgan fingerprint density at radius 2 is 1.96 bits per heavy atom. The molecular weight excluding hydrogens is 330 g/mol. The van der Waals surface area contributed by atoms with Crippen LogP contribution in [0.25, 0.3) is 11.0 Å². The number of amides is 2. The highest BCUT2D eigenvalue weighted by atomic mass is 16.2. The minimum Gasteiger partial charge on any atom is -0.341 e. The topological polar surface area (TPSA) is 69.6 Å². The summed E-state index contributed by atoms with van der Waals surface area (Å²) in [6, 6.07) is 7.66. The molecular formula is C19H25N5O2. The van der Waals surface area contributed by atoms with E-state index in [9.17, 15) is 9.59 Å². The second-order valence-electron chi connectivity index (χ2n) is 7.09. The first-order valence-corrected chi connectivity index (χ1v) is 8.82. The summed E-state index contributed by atoms with van der Waals surface area (Å²) in [6.45, 7) is 2.35. The van der Waals surface area contributed by atoms with Gasteiger partial charge in [0.2, 0.25) is 11.8 Å². The van der Waals surface area contributed by atoms with Crippen LogP contribution in [0.3, 0.4) is 0 Å². The summed E-state index contributed by atoms with van der Waals surface area (Å²) in [4.78, 5) is 39.3. The molecule has 1 fully saturated rings. The Morgan fingerprint density at radius 1 is 1.23 bits per heavy atom. The third kappa shape index (κ3) is 4.16. The van der Waals surface area contributed by atoms with Crippen molar-refractivity contribution in [3.05, 3.63) is 36.2 Å². The Labute approximate surface area is 153 Å². The Balaban J connectivity index is 1.61. The Hall–Kier alpha value is -2.54. The lowest BCUT2D eigenvalue weighted by atomic mass is 10.1. The van der Waals surface area contributed by atoms with Crippen LogP contribution in [0.4, 0.5) is 0 Å². The second kappa shape index (κ2) is 7.78. The number of fused-ring (bicyclic) bond motifs is 1. The van der Waals surface area contributed by atoms with Crippen molar-refractivity contribution < 1.29 is 9.59 Å². The van der Waals surface area contributed by atoms with Crippen molar-refractivity contribution in [3.63, 3.8) is 0 Å². The fourth-order valence-corrected chi connectivity index (χ4v) is 3.18. The molecule has 1 aliphatic rings. The molecule has 2 amide bonds. The lowest BCUT2D eigenvalue weighted by Gasteiger charge is -2.22. The highest BCUT2D eigenvalue weighted by Gasteiger charge is 2.35. The maximum absolute atomic E-state index is 12.7. The van der Waals surface area contributed by atoms with Crippen LogP contribution in [-0.4, -0.2) is 77.3 Å². The predicted octanol–water partition coefficient (Wildman–Crippen LogP) is 0.998. The number of aromatic nitrogens is 2. The van der Waals surface area contributed by atoms with E-state index in [1.54, 1.807) is 23.0 Å². The minimum atomic E-state index is -0.275. The number of para-hydroxylation sites is 2. The Kier molecular flexibility index (Phi) is 5.46. The number of carbonyl (C=O) groups is 2. The average Bonchev–Trinajstić information content (AvgIpc) is 3.00. The highest BCUT2D eigenvalue weighted by Crippen LogP contribution is 2.20. The molecule has 0 N–H and O–H groups in total. The number of nitrogens with zero attached hydrogens (tertiary/aromatic N) is 5. The lowest BCUT2D eigenvalue weighted by molar-refractivity contribution is -0.135. The first-order chi connectivity index (χ1) is 12.4. The normalized spacial score (nSPS) is 17.3. The van der Waals surface area contributed by atoms with E-state index >= 15 is 0 Å². The predicted molar refractivity (Wildman–Crippen MR) is 99.3 cm³/mol. The minimum absolute atomic E-state index is 0.0133. The molecule has 0 saturated carbocycles. The highest BCUT2D eigenvalue weighted by molar-refractivity contribution is 5.89. The Morgan fingerprint density at radius 3 is 2.69 bits per heavy atom. The number of rotatable bonds is 6. The second-order valence-corrected chi connectivity index (χ2v) is 7.09. The molecule has 1 aromatic heterocycles.